The van der Waals surface area contributed by atoms with Gasteiger partial charge in [0.1, 0.15) is 5.75 Å². The van der Waals surface area contributed by atoms with Gasteiger partial charge in [0, 0.05) is 23.0 Å². The number of aromatic hydroxyl groups is 1. The predicted molar refractivity (Wildman–Crippen MR) is 141 cm³/mol. The highest BCUT2D eigenvalue weighted by atomic mass is 16.5. The number of fused-ring (bicyclic) bond motifs is 4. The Morgan fingerprint density at radius 1 is 1.06 bits per heavy atom. The second-order valence-corrected chi connectivity index (χ2v) is 10.5. The van der Waals surface area contributed by atoms with Crippen molar-refractivity contribution in [1.82, 2.24) is 0 Å². The van der Waals surface area contributed by atoms with Gasteiger partial charge in [-0.15, -0.1) is 0 Å². The molecule has 2 aromatic carbocycles. The predicted octanol–water partition coefficient (Wildman–Crippen LogP) is 5.88. The van der Waals surface area contributed by atoms with Crippen molar-refractivity contribution in [3.63, 3.8) is 0 Å². The van der Waals surface area contributed by atoms with Crippen molar-refractivity contribution in [1.29, 1.82) is 0 Å². The van der Waals surface area contributed by atoms with E-state index in [2.05, 4.69) is 19.9 Å². The highest BCUT2D eigenvalue weighted by Gasteiger charge is 2.53. The van der Waals surface area contributed by atoms with Crippen LogP contribution >= 0.6 is 0 Å². The van der Waals surface area contributed by atoms with Crippen LogP contribution in [0.2, 0.25) is 6.32 Å². The second kappa shape index (κ2) is 10.2. The molecule has 0 bridgehead atoms. The van der Waals surface area contributed by atoms with Gasteiger partial charge in [0.05, 0.1) is 6.10 Å². The fourth-order valence-corrected chi connectivity index (χ4v) is 6.49. The van der Waals surface area contributed by atoms with Crippen LogP contribution in [0.3, 0.4) is 0 Å². The van der Waals surface area contributed by atoms with E-state index < -0.39 is 13.0 Å². The third-order valence-corrected chi connectivity index (χ3v) is 8.02. The summed E-state index contributed by atoms with van der Waals surface area (Å²) in [5.74, 6) is -0.630. The van der Waals surface area contributed by atoms with Gasteiger partial charge < -0.3 is 14.8 Å². The van der Waals surface area contributed by atoms with Gasteiger partial charge in [0.15, 0.2) is 11.6 Å². The van der Waals surface area contributed by atoms with Gasteiger partial charge in [-0.2, -0.15) is 0 Å². The normalized spacial score (nSPS) is 26.0. The van der Waals surface area contributed by atoms with E-state index in [9.17, 15) is 19.7 Å². The van der Waals surface area contributed by atoms with E-state index in [0.29, 0.717) is 30.3 Å². The summed E-state index contributed by atoms with van der Waals surface area (Å²) in [5, 5.41) is 20.2. The van der Waals surface area contributed by atoms with Crippen molar-refractivity contribution in [2.75, 3.05) is 0 Å². The summed E-state index contributed by atoms with van der Waals surface area (Å²) in [6, 6.07) is 14.3. The van der Waals surface area contributed by atoms with E-state index in [1.54, 1.807) is 24.3 Å². The molecule has 5 rings (SSSR count). The van der Waals surface area contributed by atoms with Crippen LogP contribution in [0.1, 0.15) is 72.2 Å². The Balaban J connectivity index is 1.45. The number of hydrogen-bond donors (Lipinski definition) is 2. The number of hydrogen-bond acceptors (Lipinski definition) is 5. The first-order valence-corrected chi connectivity index (χ1v) is 13.1. The second-order valence-electron chi connectivity index (χ2n) is 10.5. The summed E-state index contributed by atoms with van der Waals surface area (Å²) in [4.78, 5) is 27.2. The Morgan fingerprint density at radius 2 is 1.75 bits per heavy atom. The lowest BCUT2D eigenvalue weighted by molar-refractivity contribution is 0.0598. The van der Waals surface area contributed by atoms with Crippen LogP contribution in [-0.4, -0.2) is 34.9 Å². The van der Waals surface area contributed by atoms with Gasteiger partial charge in [0.2, 0.25) is 0 Å². The molecule has 3 aliphatic rings. The molecule has 2 aliphatic carbocycles. The van der Waals surface area contributed by atoms with Crippen molar-refractivity contribution >= 4 is 24.8 Å². The molecule has 186 valence electrons. The van der Waals surface area contributed by atoms with Crippen molar-refractivity contribution in [2.24, 2.45) is 17.8 Å². The molecule has 0 aromatic heterocycles. The monoisotopic (exact) mass is 484 g/mol. The van der Waals surface area contributed by atoms with E-state index in [1.165, 1.54) is 11.1 Å². The van der Waals surface area contributed by atoms with Crippen LogP contribution in [-0.2, 0) is 4.65 Å². The number of ketones is 2. The Kier molecular flexibility index (Phi) is 7.00. The lowest BCUT2D eigenvalue weighted by atomic mass is 9.54. The number of rotatable bonds is 6. The Hall–Kier alpha value is -2.96. The van der Waals surface area contributed by atoms with Gasteiger partial charge >= 0.3 is 7.12 Å². The molecule has 0 spiro atoms. The molecule has 2 N–H and O–H groups in total. The Bertz CT molecular complexity index is 1230. The minimum atomic E-state index is -0.952. The van der Waals surface area contributed by atoms with E-state index in [0.717, 1.165) is 30.4 Å². The highest BCUT2D eigenvalue weighted by Crippen LogP contribution is 2.51. The zero-order valence-corrected chi connectivity index (χ0v) is 20.9. The first-order chi connectivity index (χ1) is 17.4. The van der Waals surface area contributed by atoms with Crippen LogP contribution < -0.4 is 0 Å². The molecule has 1 aliphatic heterocycles. The third kappa shape index (κ3) is 4.60. The molecule has 1 saturated heterocycles. The third-order valence-electron chi connectivity index (χ3n) is 8.02. The van der Waals surface area contributed by atoms with Crippen molar-refractivity contribution in [2.45, 2.75) is 58.4 Å². The number of phenols is 1. The SMILES string of the molecule is CCCC1=C2[C@@H](CC/C(C)=C/c3ccc(O)cc3)OB(O)C[C@@H]2[C@@H]2C(=O)c3ccccc3C(=O)[C@@H]2C1. The van der Waals surface area contributed by atoms with Crippen LogP contribution in [0.25, 0.3) is 6.08 Å². The topological polar surface area (TPSA) is 83.8 Å². The fraction of sp³-hybridized carbons (Fsp3) is 0.400. The molecule has 1 fully saturated rings. The molecule has 36 heavy (non-hydrogen) atoms. The van der Waals surface area contributed by atoms with Gasteiger partial charge in [0.25, 0.3) is 0 Å². The molecule has 0 unspecified atom stereocenters. The van der Waals surface area contributed by atoms with Gasteiger partial charge in [-0.1, -0.05) is 67.0 Å². The lowest BCUT2D eigenvalue weighted by Crippen LogP contribution is -2.50. The smallest absolute Gasteiger partial charge is 0.455 e. The Morgan fingerprint density at radius 3 is 2.44 bits per heavy atom. The molecule has 1 heterocycles. The maximum atomic E-state index is 13.7. The van der Waals surface area contributed by atoms with Crippen LogP contribution in [0, 0.1) is 17.8 Å². The van der Waals surface area contributed by atoms with Crippen molar-refractivity contribution in [3.8, 4) is 5.75 Å². The number of phenolic OH excluding ortho intramolecular Hbond substituents is 1. The number of carbonyl (C=O) groups is 2. The molecular formula is C30H33BO5. The van der Waals surface area contributed by atoms with Crippen molar-refractivity contribution in [3.05, 3.63) is 81.9 Å². The molecule has 0 radical (unpaired) electrons. The molecule has 0 amide bonds. The van der Waals surface area contributed by atoms with Crippen LogP contribution in [0.5, 0.6) is 5.75 Å². The maximum absolute atomic E-state index is 13.7. The zero-order valence-electron chi connectivity index (χ0n) is 20.9. The van der Waals surface area contributed by atoms with Gasteiger partial charge in [-0.05, 0) is 68.1 Å². The van der Waals surface area contributed by atoms with E-state index in [4.69, 9.17) is 4.65 Å². The van der Waals surface area contributed by atoms with E-state index in [-0.39, 0.29) is 35.3 Å². The summed E-state index contributed by atoms with van der Waals surface area (Å²) < 4.78 is 6.10. The summed E-state index contributed by atoms with van der Waals surface area (Å²) in [6.07, 6.45) is 6.07. The minimum absolute atomic E-state index is 0.0319. The van der Waals surface area contributed by atoms with Gasteiger partial charge in [-0.25, -0.2) is 0 Å². The molecule has 6 heteroatoms. The van der Waals surface area contributed by atoms with Crippen LogP contribution in [0.4, 0.5) is 0 Å². The first-order valence-electron chi connectivity index (χ1n) is 13.1. The first kappa shape index (κ1) is 24.7. The van der Waals surface area contributed by atoms with Gasteiger partial charge in [-0.3, -0.25) is 9.59 Å². The maximum Gasteiger partial charge on any atom is 0.455 e. The lowest BCUT2D eigenvalue weighted by Gasteiger charge is -2.47. The molecular weight excluding hydrogens is 451 g/mol. The summed E-state index contributed by atoms with van der Waals surface area (Å²) in [7, 11) is -0.952. The number of carbonyl (C=O) groups excluding carboxylic acids is 2. The number of allylic oxidation sites excluding steroid dienone is 2. The summed E-state index contributed by atoms with van der Waals surface area (Å²) in [6.45, 7) is 4.21. The molecule has 0 saturated carbocycles. The minimum Gasteiger partial charge on any atom is -0.508 e. The molecule has 2 aromatic rings. The van der Waals surface area contributed by atoms with E-state index in [1.807, 2.05) is 24.3 Å². The fourth-order valence-electron chi connectivity index (χ4n) is 6.49. The molecule has 5 nitrogen and oxygen atoms in total. The van der Waals surface area contributed by atoms with E-state index >= 15 is 0 Å². The largest absolute Gasteiger partial charge is 0.508 e. The standard InChI is InChI=1S/C30H33BO5/c1-3-6-20-16-24-28(30(34)23-8-5-4-7-22(23)29(24)33)25-17-31(35)36-26(27(20)25)14-9-18(2)15-19-10-12-21(32)13-11-19/h4-5,7-8,10-13,15,24-26,28,32,35H,3,6,9,14,16-17H2,1-2H3/b18-15+/t24-,25+,26-,28-/m1/s1. The number of benzene rings is 2. The highest BCUT2D eigenvalue weighted by molar-refractivity contribution is 6.43. The Labute approximate surface area is 213 Å². The van der Waals surface area contributed by atoms with Crippen LogP contribution in [0.15, 0.2) is 65.3 Å². The average molecular weight is 484 g/mol. The number of Topliss-reactive ketones (excluding diaryl/α,β-unsaturated/α-hetero) is 2. The average Bonchev–Trinajstić information content (AvgIpc) is 2.87. The quantitative estimate of drug-likeness (QED) is 0.395. The molecule has 4 atom stereocenters. The zero-order chi connectivity index (χ0) is 25.4. The summed E-state index contributed by atoms with van der Waals surface area (Å²) >= 11 is 0. The van der Waals surface area contributed by atoms with Crippen molar-refractivity contribution < 1.29 is 24.4 Å². The summed E-state index contributed by atoms with van der Waals surface area (Å²) in [5.41, 5.74) is 5.64.